The number of aromatic nitrogens is 3. The summed E-state index contributed by atoms with van der Waals surface area (Å²) in [5.41, 5.74) is 0.424. The molecule has 1 N–H and O–H groups in total. The Balaban J connectivity index is 1.66. The molecule has 0 bridgehead atoms. The zero-order valence-corrected chi connectivity index (χ0v) is 12.1. The Hall–Kier alpha value is -1.69. The molecule has 0 aliphatic carbocycles. The highest BCUT2D eigenvalue weighted by atomic mass is 32.1. The number of carbonyl (C=O) groups excluding carboxylic acids is 1. The second-order valence-electron chi connectivity index (χ2n) is 5.12. The third-order valence-electron chi connectivity index (χ3n) is 3.83. The predicted octanol–water partition coefficient (Wildman–Crippen LogP) is 2.49. The van der Waals surface area contributed by atoms with Crippen LogP contribution in [0.5, 0.6) is 0 Å². The van der Waals surface area contributed by atoms with E-state index in [0.29, 0.717) is 11.7 Å². The Labute approximate surface area is 122 Å². The molecule has 1 aliphatic heterocycles. The zero-order valence-electron chi connectivity index (χ0n) is 11.3. The fourth-order valence-electron chi connectivity index (χ4n) is 2.78. The Morgan fingerprint density at radius 3 is 3.20 bits per heavy atom. The molecule has 2 aromatic heterocycles. The first-order valence-corrected chi connectivity index (χ1v) is 7.91. The first kappa shape index (κ1) is 13.3. The maximum atomic E-state index is 12.4. The lowest BCUT2D eigenvalue weighted by molar-refractivity contribution is 0.0596. The number of piperidine rings is 1. The predicted molar refractivity (Wildman–Crippen MR) is 77.7 cm³/mol. The number of H-pyrrole nitrogens is 1. The summed E-state index contributed by atoms with van der Waals surface area (Å²) >= 11 is 1.79. The normalized spacial score (nSPS) is 19.2. The van der Waals surface area contributed by atoms with Crippen molar-refractivity contribution in [2.24, 2.45) is 0 Å². The van der Waals surface area contributed by atoms with E-state index in [9.17, 15) is 4.79 Å². The van der Waals surface area contributed by atoms with Gasteiger partial charge >= 0.3 is 0 Å². The molecule has 1 aliphatic rings. The summed E-state index contributed by atoms with van der Waals surface area (Å²) in [6, 6.07) is 4.58. The topological polar surface area (TPSA) is 61.9 Å². The highest BCUT2D eigenvalue weighted by Gasteiger charge is 2.28. The third kappa shape index (κ3) is 2.90. The van der Waals surface area contributed by atoms with Crippen molar-refractivity contribution in [2.75, 3.05) is 6.54 Å². The van der Waals surface area contributed by atoms with Crippen molar-refractivity contribution in [1.82, 2.24) is 20.3 Å². The third-order valence-corrected chi connectivity index (χ3v) is 4.76. The smallest absolute Gasteiger partial charge is 0.276 e. The lowest BCUT2D eigenvalue weighted by Crippen LogP contribution is -2.44. The Kier molecular flexibility index (Phi) is 4.11. The van der Waals surface area contributed by atoms with Gasteiger partial charge in [-0.2, -0.15) is 15.4 Å². The van der Waals surface area contributed by atoms with Gasteiger partial charge in [-0.1, -0.05) is 6.07 Å². The van der Waals surface area contributed by atoms with Crippen LogP contribution in [0, 0.1) is 0 Å². The molecule has 2 aromatic rings. The summed E-state index contributed by atoms with van der Waals surface area (Å²) in [6.45, 7) is 0.834. The maximum absolute atomic E-state index is 12.4. The minimum absolute atomic E-state index is 0.00892. The van der Waals surface area contributed by atoms with E-state index in [1.165, 1.54) is 17.5 Å². The number of hydrogen-bond acceptors (Lipinski definition) is 4. The molecule has 0 radical (unpaired) electrons. The van der Waals surface area contributed by atoms with Crippen LogP contribution >= 0.6 is 11.3 Å². The molecular weight excluding hydrogens is 272 g/mol. The molecule has 3 heterocycles. The highest BCUT2D eigenvalue weighted by molar-refractivity contribution is 7.09. The maximum Gasteiger partial charge on any atom is 0.276 e. The van der Waals surface area contributed by atoms with Crippen LogP contribution in [0.3, 0.4) is 0 Å². The average Bonchev–Trinajstić information content (AvgIpc) is 3.18. The van der Waals surface area contributed by atoms with Crippen molar-refractivity contribution >= 4 is 17.2 Å². The van der Waals surface area contributed by atoms with Gasteiger partial charge < -0.3 is 4.90 Å². The van der Waals surface area contributed by atoms with E-state index in [1.807, 2.05) is 4.90 Å². The summed E-state index contributed by atoms with van der Waals surface area (Å²) < 4.78 is 0. The summed E-state index contributed by atoms with van der Waals surface area (Å²) in [5.74, 6) is 0.00892. The largest absolute Gasteiger partial charge is 0.334 e. The van der Waals surface area contributed by atoms with Crippen molar-refractivity contribution in [3.05, 3.63) is 34.3 Å². The monoisotopic (exact) mass is 290 g/mol. The van der Waals surface area contributed by atoms with E-state index < -0.39 is 0 Å². The van der Waals surface area contributed by atoms with Crippen molar-refractivity contribution in [3.63, 3.8) is 0 Å². The Morgan fingerprint density at radius 2 is 2.45 bits per heavy atom. The van der Waals surface area contributed by atoms with E-state index in [4.69, 9.17) is 0 Å². The molecule has 3 rings (SSSR count). The molecular formula is C14H18N4OS. The molecule has 106 valence electrons. The minimum Gasteiger partial charge on any atom is -0.334 e. The van der Waals surface area contributed by atoms with Gasteiger partial charge in [-0.3, -0.25) is 4.79 Å². The van der Waals surface area contributed by atoms with Gasteiger partial charge in [0, 0.05) is 17.5 Å². The van der Waals surface area contributed by atoms with E-state index in [2.05, 4.69) is 32.9 Å². The van der Waals surface area contributed by atoms with Crippen LogP contribution in [-0.2, 0) is 6.42 Å². The fourth-order valence-corrected chi connectivity index (χ4v) is 3.51. The second-order valence-corrected chi connectivity index (χ2v) is 6.15. The SMILES string of the molecule is O=C(c1cn[nH]n1)N1CCCCC1CCc1cccs1. The van der Waals surface area contributed by atoms with Crippen LogP contribution in [0.4, 0.5) is 0 Å². The quantitative estimate of drug-likeness (QED) is 0.941. The first-order valence-electron chi connectivity index (χ1n) is 7.04. The van der Waals surface area contributed by atoms with Gasteiger partial charge in [0.05, 0.1) is 6.20 Å². The number of aromatic amines is 1. The van der Waals surface area contributed by atoms with Crippen LogP contribution in [-0.4, -0.2) is 38.8 Å². The van der Waals surface area contributed by atoms with Crippen LogP contribution in [0.1, 0.15) is 41.0 Å². The molecule has 1 unspecified atom stereocenters. The number of carbonyl (C=O) groups is 1. The second kappa shape index (κ2) is 6.17. The number of amides is 1. The van der Waals surface area contributed by atoms with E-state index in [1.54, 1.807) is 11.3 Å². The Bertz CT molecular complexity index is 538. The molecule has 1 atom stereocenters. The summed E-state index contributed by atoms with van der Waals surface area (Å²) in [4.78, 5) is 15.8. The molecule has 5 nitrogen and oxygen atoms in total. The van der Waals surface area contributed by atoms with E-state index >= 15 is 0 Å². The molecule has 0 aromatic carbocycles. The van der Waals surface area contributed by atoms with Crippen LogP contribution in [0.2, 0.25) is 0 Å². The molecule has 0 saturated carbocycles. The number of nitrogens with zero attached hydrogens (tertiary/aromatic N) is 3. The Morgan fingerprint density at radius 1 is 1.50 bits per heavy atom. The van der Waals surface area contributed by atoms with Gasteiger partial charge in [0.15, 0.2) is 5.69 Å². The van der Waals surface area contributed by atoms with Gasteiger partial charge in [-0.05, 0) is 43.6 Å². The molecule has 1 amide bonds. The average molecular weight is 290 g/mol. The van der Waals surface area contributed by atoms with Crippen molar-refractivity contribution in [1.29, 1.82) is 0 Å². The molecule has 6 heteroatoms. The molecule has 0 spiro atoms. The zero-order chi connectivity index (χ0) is 13.8. The van der Waals surface area contributed by atoms with Gasteiger partial charge in [0.2, 0.25) is 0 Å². The fraction of sp³-hybridized carbons (Fsp3) is 0.500. The number of thiophene rings is 1. The highest BCUT2D eigenvalue weighted by Crippen LogP contribution is 2.23. The minimum atomic E-state index is 0.00892. The van der Waals surface area contributed by atoms with Gasteiger partial charge in [0.25, 0.3) is 5.91 Å². The van der Waals surface area contributed by atoms with Crippen LogP contribution < -0.4 is 0 Å². The number of hydrogen-bond donors (Lipinski definition) is 1. The van der Waals surface area contributed by atoms with Gasteiger partial charge in [0.1, 0.15) is 0 Å². The van der Waals surface area contributed by atoms with Crippen LogP contribution in [0.15, 0.2) is 23.7 Å². The lowest BCUT2D eigenvalue weighted by atomic mass is 9.97. The van der Waals surface area contributed by atoms with Crippen molar-refractivity contribution < 1.29 is 4.79 Å². The molecule has 20 heavy (non-hydrogen) atoms. The number of rotatable bonds is 4. The van der Waals surface area contributed by atoms with Gasteiger partial charge in [-0.25, -0.2) is 0 Å². The van der Waals surface area contributed by atoms with Crippen molar-refractivity contribution in [3.8, 4) is 0 Å². The summed E-state index contributed by atoms with van der Waals surface area (Å²) in [5, 5.41) is 12.3. The van der Waals surface area contributed by atoms with E-state index in [0.717, 1.165) is 32.2 Å². The number of aryl methyl sites for hydroxylation is 1. The van der Waals surface area contributed by atoms with Gasteiger partial charge in [-0.15, -0.1) is 11.3 Å². The summed E-state index contributed by atoms with van der Waals surface area (Å²) in [6.07, 6.45) is 6.97. The van der Waals surface area contributed by atoms with Crippen molar-refractivity contribution in [2.45, 2.75) is 38.1 Å². The van der Waals surface area contributed by atoms with Crippen LogP contribution in [0.25, 0.3) is 0 Å². The number of likely N-dealkylation sites (tertiary alicyclic amines) is 1. The van der Waals surface area contributed by atoms with E-state index in [-0.39, 0.29) is 5.91 Å². The first-order chi connectivity index (χ1) is 9.84. The summed E-state index contributed by atoms with van der Waals surface area (Å²) in [7, 11) is 0. The molecule has 1 saturated heterocycles. The number of nitrogens with one attached hydrogen (secondary N) is 1. The standard InChI is InChI=1S/C14H18N4OS/c19-14(13-10-15-17-16-13)18-8-2-1-4-11(18)6-7-12-5-3-9-20-12/h3,5,9-11H,1-2,4,6-8H2,(H,15,16,17). The molecule has 1 fully saturated rings. The lowest BCUT2D eigenvalue weighted by Gasteiger charge is -2.35.